The minimum Gasteiger partial charge on any atom is -0.481 e. The van der Waals surface area contributed by atoms with E-state index >= 15 is 0 Å². The van der Waals surface area contributed by atoms with Crippen LogP contribution in [0.2, 0.25) is 5.02 Å². The first-order chi connectivity index (χ1) is 11.3. The Labute approximate surface area is 142 Å². The molecule has 1 amide bonds. The van der Waals surface area contributed by atoms with Crippen LogP contribution in [-0.2, 0) is 4.79 Å². The topological polar surface area (TPSA) is 81.5 Å². The molecule has 126 valence electrons. The van der Waals surface area contributed by atoms with Crippen LogP contribution in [0.1, 0.15) is 12.5 Å². The van der Waals surface area contributed by atoms with Gasteiger partial charge in [-0.15, -0.1) is 0 Å². The summed E-state index contributed by atoms with van der Waals surface area (Å²) in [4.78, 5) is 22.0. The molecule has 0 spiro atoms. The van der Waals surface area contributed by atoms with E-state index < -0.39 is 28.4 Å². The summed E-state index contributed by atoms with van der Waals surface area (Å²) in [6, 6.07) is 8.09. The highest BCUT2D eigenvalue weighted by atomic mass is 35.5. The van der Waals surface area contributed by atoms with Gasteiger partial charge in [-0.05, 0) is 49.7 Å². The van der Waals surface area contributed by atoms with Crippen molar-refractivity contribution in [1.29, 1.82) is 0 Å². The number of nitrogens with one attached hydrogen (secondary N) is 1. The van der Waals surface area contributed by atoms with Crippen molar-refractivity contribution in [2.75, 3.05) is 5.32 Å². The van der Waals surface area contributed by atoms with Crippen LogP contribution in [-0.4, -0.2) is 16.9 Å². The van der Waals surface area contributed by atoms with E-state index in [2.05, 4.69) is 5.32 Å². The fourth-order valence-electron chi connectivity index (χ4n) is 1.96. The number of nitrogens with zero attached hydrogens (tertiary/aromatic N) is 1. The summed E-state index contributed by atoms with van der Waals surface area (Å²) in [5.74, 6) is -1.00. The van der Waals surface area contributed by atoms with Gasteiger partial charge in [0.1, 0.15) is 5.75 Å². The van der Waals surface area contributed by atoms with Gasteiger partial charge < -0.3 is 10.1 Å². The number of hydrogen-bond acceptors (Lipinski definition) is 4. The Morgan fingerprint density at radius 1 is 1.33 bits per heavy atom. The number of ether oxygens (including phenoxy) is 1. The van der Waals surface area contributed by atoms with Crippen LogP contribution in [0.3, 0.4) is 0 Å². The Morgan fingerprint density at radius 2 is 2.04 bits per heavy atom. The lowest BCUT2D eigenvalue weighted by Crippen LogP contribution is -2.30. The fourth-order valence-corrected chi connectivity index (χ4v) is 2.19. The highest BCUT2D eigenvalue weighted by Crippen LogP contribution is 2.24. The van der Waals surface area contributed by atoms with Crippen LogP contribution in [0.4, 0.5) is 15.8 Å². The van der Waals surface area contributed by atoms with Crippen LogP contribution in [0, 0.1) is 22.9 Å². The number of halogens is 2. The Morgan fingerprint density at radius 3 is 2.67 bits per heavy atom. The Hall–Kier alpha value is -2.67. The first-order valence-electron chi connectivity index (χ1n) is 6.95. The molecule has 0 saturated heterocycles. The summed E-state index contributed by atoms with van der Waals surface area (Å²) >= 11 is 5.86. The molecule has 2 aromatic carbocycles. The lowest BCUT2D eigenvalue weighted by atomic mass is 10.2. The number of anilines is 1. The molecule has 0 aromatic heterocycles. The number of amides is 1. The number of benzene rings is 2. The van der Waals surface area contributed by atoms with Crippen LogP contribution >= 0.6 is 11.6 Å². The minimum absolute atomic E-state index is 0.108. The van der Waals surface area contributed by atoms with E-state index in [-0.39, 0.29) is 5.69 Å². The molecule has 0 aliphatic heterocycles. The molecule has 24 heavy (non-hydrogen) atoms. The first-order valence-corrected chi connectivity index (χ1v) is 7.33. The molecule has 1 atom stereocenters. The average molecular weight is 353 g/mol. The van der Waals surface area contributed by atoms with Gasteiger partial charge in [-0.2, -0.15) is 4.39 Å². The van der Waals surface area contributed by atoms with E-state index in [0.29, 0.717) is 10.8 Å². The maximum Gasteiger partial charge on any atom is 0.306 e. The monoisotopic (exact) mass is 352 g/mol. The lowest BCUT2D eigenvalue weighted by molar-refractivity contribution is -0.387. The number of nitro benzene ring substituents is 1. The van der Waals surface area contributed by atoms with E-state index in [1.54, 1.807) is 25.1 Å². The van der Waals surface area contributed by atoms with Gasteiger partial charge in [-0.3, -0.25) is 14.9 Å². The third-order valence-electron chi connectivity index (χ3n) is 3.22. The number of hydrogen-bond donors (Lipinski definition) is 1. The summed E-state index contributed by atoms with van der Waals surface area (Å²) in [6.07, 6.45) is -0.867. The summed E-state index contributed by atoms with van der Waals surface area (Å²) in [5.41, 5.74) is 0.158. The van der Waals surface area contributed by atoms with E-state index in [9.17, 15) is 19.3 Å². The van der Waals surface area contributed by atoms with Gasteiger partial charge in [0.15, 0.2) is 6.10 Å². The molecule has 0 unspecified atom stereocenters. The summed E-state index contributed by atoms with van der Waals surface area (Å²) in [6.45, 7) is 3.32. The molecular weight excluding hydrogens is 339 g/mol. The molecule has 0 aliphatic carbocycles. The fraction of sp³-hybridized carbons (Fsp3) is 0.188. The number of carbonyl (C=O) groups is 1. The predicted molar refractivity (Wildman–Crippen MR) is 88.0 cm³/mol. The Balaban J connectivity index is 2.09. The van der Waals surface area contributed by atoms with Crippen LogP contribution in [0.25, 0.3) is 0 Å². The number of rotatable bonds is 5. The molecule has 2 aromatic rings. The van der Waals surface area contributed by atoms with Crippen LogP contribution in [0.15, 0.2) is 36.4 Å². The Kier molecular flexibility index (Phi) is 5.35. The van der Waals surface area contributed by atoms with E-state index in [1.165, 1.54) is 13.0 Å². The number of aryl methyl sites for hydroxylation is 1. The van der Waals surface area contributed by atoms with E-state index in [0.717, 1.165) is 17.7 Å². The second-order valence-corrected chi connectivity index (χ2v) is 5.52. The smallest absolute Gasteiger partial charge is 0.306 e. The molecular formula is C16H14ClFN2O4. The average Bonchev–Trinajstić information content (AvgIpc) is 2.51. The molecule has 0 radical (unpaired) electrons. The molecule has 0 saturated carbocycles. The van der Waals surface area contributed by atoms with Crippen molar-refractivity contribution in [2.24, 2.45) is 0 Å². The summed E-state index contributed by atoms with van der Waals surface area (Å²) in [7, 11) is 0. The zero-order valence-corrected chi connectivity index (χ0v) is 13.6. The highest BCUT2D eigenvalue weighted by Gasteiger charge is 2.19. The second-order valence-electron chi connectivity index (χ2n) is 5.08. The van der Waals surface area contributed by atoms with Gasteiger partial charge >= 0.3 is 5.69 Å². The zero-order chi connectivity index (χ0) is 17.9. The third kappa shape index (κ3) is 4.20. The number of carbonyl (C=O) groups excluding carboxylic acids is 1. The van der Waals surface area contributed by atoms with Gasteiger partial charge in [0.05, 0.1) is 4.92 Å². The minimum atomic E-state index is -0.973. The van der Waals surface area contributed by atoms with E-state index in [4.69, 9.17) is 16.3 Å². The molecule has 0 bridgehead atoms. The Bertz CT molecular complexity index is 798. The maximum atomic E-state index is 13.3. The zero-order valence-electron chi connectivity index (χ0n) is 12.9. The molecule has 0 fully saturated rings. The van der Waals surface area contributed by atoms with Crippen molar-refractivity contribution in [3.8, 4) is 5.75 Å². The first kappa shape index (κ1) is 17.7. The number of nitro groups is 1. The van der Waals surface area contributed by atoms with Crippen molar-refractivity contribution >= 4 is 28.9 Å². The second kappa shape index (κ2) is 7.27. The molecule has 0 aliphatic rings. The van der Waals surface area contributed by atoms with Gasteiger partial charge in [-0.1, -0.05) is 11.6 Å². The van der Waals surface area contributed by atoms with Crippen molar-refractivity contribution in [1.82, 2.24) is 0 Å². The SMILES string of the molecule is Cc1cc(Cl)ccc1O[C@@H](C)C(=O)Nc1ccc(F)c([N+](=O)[O-])c1. The van der Waals surface area contributed by atoms with Crippen molar-refractivity contribution in [3.63, 3.8) is 0 Å². The van der Waals surface area contributed by atoms with Crippen molar-refractivity contribution in [3.05, 3.63) is 62.9 Å². The van der Waals surface area contributed by atoms with Crippen molar-refractivity contribution < 1.29 is 18.8 Å². The van der Waals surface area contributed by atoms with Crippen molar-refractivity contribution in [2.45, 2.75) is 20.0 Å². The highest BCUT2D eigenvalue weighted by molar-refractivity contribution is 6.30. The van der Waals surface area contributed by atoms with Gasteiger partial charge in [0, 0.05) is 16.8 Å². The maximum absolute atomic E-state index is 13.3. The van der Waals surface area contributed by atoms with Crippen LogP contribution in [0.5, 0.6) is 5.75 Å². The molecule has 8 heteroatoms. The molecule has 2 rings (SSSR count). The van der Waals surface area contributed by atoms with Gasteiger partial charge in [-0.25, -0.2) is 0 Å². The third-order valence-corrected chi connectivity index (χ3v) is 3.46. The predicted octanol–water partition coefficient (Wildman–Crippen LogP) is 4.10. The quantitative estimate of drug-likeness (QED) is 0.648. The molecule has 1 N–H and O–H groups in total. The largest absolute Gasteiger partial charge is 0.481 e. The van der Waals surface area contributed by atoms with E-state index in [1.807, 2.05) is 0 Å². The summed E-state index contributed by atoms with van der Waals surface area (Å²) < 4.78 is 18.8. The normalized spacial score (nSPS) is 11.7. The molecule has 6 nitrogen and oxygen atoms in total. The summed E-state index contributed by atoms with van der Waals surface area (Å²) in [5, 5.41) is 13.7. The van der Waals surface area contributed by atoms with Crippen LogP contribution < -0.4 is 10.1 Å². The standard InChI is InChI=1S/C16H14ClFN2O4/c1-9-7-11(17)3-6-15(9)24-10(2)16(21)19-12-4-5-13(18)14(8-12)20(22)23/h3-8,10H,1-2H3,(H,19,21)/t10-/m0/s1. The lowest BCUT2D eigenvalue weighted by Gasteiger charge is -2.16. The molecule has 0 heterocycles. The van der Waals surface area contributed by atoms with Gasteiger partial charge in [0.2, 0.25) is 5.82 Å². The van der Waals surface area contributed by atoms with Gasteiger partial charge in [0.25, 0.3) is 5.91 Å².